The normalized spacial score (nSPS) is 11.6. The van der Waals surface area contributed by atoms with Gasteiger partial charge in [-0.2, -0.15) is 0 Å². The van der Waals surface area contributed by atoms with Crippen molar-refractivity contribution in [3.05, 3.63) is 0 Å². The summed E-state index contributed by atoms with van der Waals surface area (Å²) in [7, 11) is 4.56. The molecule has 0 saturated heterocycles. The molecule has 30 valence electrons. The molecule has 0 saturated carbocycles. The zero-order chi connectivity index (χ0) is 4.50. The summed E-state index contributed by atoms with van der Waals surface area (Å²) in [6, 6.07) is 0. The monoisotopic (exact) mass is 220 g/mol. The second-order valence-electron chi connectivity index (χ2n) is 0.476. The van der Waals surface area contributed by atoms with Gasteiger partial charge in [-0.1, -0.05) is 0 Å². The van der Waals surface area contributed by atoms with Gasteiger partial charge in [0, 0.05) is 0 Å². The maximum atomic E-state index is 9.46. The van der Waals surface area contributed by atoms with Crippen LogP contribution >= 0.6 is 10.7 Å². The molecule has 5 heavy (non-hydrogen) atoms. The first-order valence-electron chi connectivity index (χ1n) is 0.723. The van der Waals surface area contributed by atoms with E-state index in [1.807, 2.05) is 0 Å². The summed E-state index contributed by atoms with van der Waals surface area (Å²) in [5, 5.41) is 0. The Morgan fingerprint density at radius 1 is 1.60 bits per heavy atom. The van der Waals surface area contributed by atoms with Crippen molar-refractivity contribution in [2.24, 2.45) is 0 Å². The third-order valence-electron chi connectivity index (χ3n) is 0. The van der Waals surface area contributed by atoms with Crippen LogP contribution in [0.15, 0.2) is 0 Å². The van der Waals surface area contributed by atoms with Crippen LogP contribution in [0.2, 0.25) is 0 Å². The van der Waals surface area contributed by atoms with E-state index >= 15 is 0 Å². The molecule has 2 radical (unpaired) electrons. The van der Waals surface area contributed by atoms with E-state index < -0.39 is 6.23 Å². The fraction of sp³-hybridized carbons (Fsp3) is 0. The van der Waals surface area contributed by atoms with E-state index in [1.54, 1.807) is 0 Å². The molecule has 0 rings (SSSR count). The summed E-state index contributed by atoms with van der Waals surface area (Å²) in [6.07, 6.45) is -3.06. The van der Waals surface area contributed by atoms with Gasteiger partial charge in [0.2, 0.25) is 0 Å². The molecule has 0 amide bonds. The molecule has 0 spiro atoms. The zero-order valence-corrected chi connectivity index (χ0v) is 7.05. The van der Waals surface area contributed by atoms with Gasteiger partial charge in [0.25, 0.3) is 0 Å². The molecule has 0 fully saturated rings. The van der Waals surface area contributed by atoms with E-state index in [0.29, 0.717) is 0 Å². The first-order chi connectivity index (χ1) is 2.00. The van der Waals surface area contributed by atoms with Crippen LogP contribution < -0.4 is 0 Å². The molecule has 2 nitrogen and oxygen atoms in total. The molecule has 0 N–H and O–H groups in total. The molecule has 0 aromatic rings. The third kappa shape index (κ3) is 43.1. The Morgan fingerprint density at radius 3 is 1.60 bits per heavy atom. The number of hydrogen-bond acceptors (Lipinski definition) is 2. The SMILES string of the molecule is O=[S](=O)(Cl)[SnH]. The van der Waals surface area contributed by atoms with Gasteiger partial charge >= 0.3 is 46.5 Å². The molecule has 0 unspecified atom stereocenters. The summed E-state index contributed by atoms with van der Waals surface area (Å²) < 4.78 is 18.9. The quantitative estimate of drug-likeness (QED) is 0.401. The van der Waals surface area contributed by atoms with Crippen LogP contribution in [0.1, 0.15) is 0 Å². The topological polar surface area (TPSA) is 34.1 Å². The summed E-state index contributed by atoms with van der Waals surface area (Å²) in [4.78, 5) is 0. The van der Waals surface area contributed by atoms with Gasteiger partial charge in [-0.3, -0.25) is 0 Å². The minimum atomic E-state index is -3.06. The van der Waals surface area contributed by atoms with Crippen LogP contribution in [0.5, 0.6) is 0 Å². The first kappa shape index (κ1) is 6.04. The van der Waals surface area contributed by atoms with Crippen LogP contribution in [0.4, 0.5) is 0 Å². The van der Waals surface area contributed by atoms with Crippen LogP contribution in [0.3, 0.4) is 0 Å². The van der Waals surface area contributed by atoms with Crippen LogP contribution in [0.25, 0.3) is 0 Å². The van der Waals surface area contributed by atoms with E-state index in [0.717, 1.165) is 0 Å². The van der Waals surface area contributed by atoms with Gasteiger partial charge < -0.3 is 0 Å². The third-order valence-corrected chi connectivity index (χ3v) is 0. The van der Waals surface area contributed by atoms with E-state index in [-0.39, 0.29) is 21.1 Å². The maximum absolute atomic E-state index is 9.46. The molecule has 0 aromatic heterocycles. The molecule has 0 bridgehead atoms. The summed E-state index contributed by atoms with van der Waals surface area (Å²) >= 11 is 0.102. The zero-order valence-electron chi connectivity index (χ0n) is 2.18. The Hall–Kier alpha value is 1.04. The summed E-state index contributed by atoms with van der Waals surface area (Å²) in [5.74, 6) is 0. The molecule has 0 heterocycles. The average molecular weight is 219 g/mol. The predicted molar refractivity (Wildman–Crippen MR) is 21.9 cm³/mol. The molecule has 0 aliphatic rings. The fourth-order valence-corrected chi connectivity index (χ4v) is 0. The standard InChI is InChI=1S/ClO2S.Sn.H/c1-4(2)3;;. The van der Waals surface area contributed by atoms with Gasteiger partial charge in [-0.05, 0) is 0 Å². The van der Waals surface area contributed by atoms with E-state index in [2.05, 4.69) is 10.7 Å². The van der Waals surface area contributed by atoms with Crippen molar-refractivity contribution in [2.75, 3.05) is 0 Å². The first-order valence-corrected chi connectivity index (χ1v) is 7.13. The van der Waals surface area contributed by atoms with Gasteiger partial charge in [0.1, 0.15) is 0 Å². The van der Waals surface area contributed by atoms with Crippen molar-refractivity contribution in [1.82, 2.24) is 0 Å². The molecular formula is HClO2SSn. The van der Waals surface area contributed by atoms with E-state index in [1.165, 1.54) is 0 Å². The van der Waals surface area contributed by atoms with Crippen molar-refractivity contribution in [3.8, 4) is 0 Å². The minimum absolute atomic E-state index is 0.102. The van der Waals surface area contributed by atoms with Crippen molar-refractivity contribution >= 4 is 38.1 Å². The second-order valence-corrected chi connectivity index (χ2v) is 10.6. The Balaban J connectivity index is 4.06. The van der Waals surface area contributed by atoms with Crippen molar-refractivity contribution in [3.63, 3.8) is 0 Å². The van der Waals surface area contributed by atoms with Crippen molar-refractivity contribution < 1.29 is 8.42 Å². The van der Waals surface area contributed by atoms with Crippen molar-refractivity contribution in [1.29, 1.82) is 0 Å². The molecular weight excluding hydrogens is 218 g/mol. The Labute approximate surface area is 46.5 Å². The van der Waals surface area contributed by atoms with Gasteiger partial charge in [-0.25, -0.2) is 0 Å². The number of hydrogen-bond donors (Lipinski definition) is 0. The van der Waals surface area contributed by atoms with Crippen LogP contribution in [-0.4, -0.2) is 29.6 Å². The molecule has 5 heteroatoms. The van der Waals surface area contributed by atoms with Crippen LogP contribution in [0, 0.1) is 0 Å². The van der Waals surface area contributed by atoms with Crippen LogP contribution in [-0.2, 0) is 6.23 Å². The second kappa shape index (κ2) is 1.66. The summed E-state index contributed by atoms with van der Waals surface area (Å²) in [5.41, 5.74) is 0. The Kier molecular flexibility index (Phi) is 2.00. The van der Waals surface area contributed by atoms with E-state index in [4.69, 9.17) is 0 Å². The molecule has 0 aliphatic carbocycles. The van der Waals surface area contributed by atoms with Gasteiger partial charge in [0.15, 0.2) is 0 Å². The number of rotatable bonds is 0. The summed E-state index contributed by atoms with van der Waals surface area (Å²) in [6.45, 7) is 0. The predicted octanol–water partition coefficient (Wildman–Crippen LogP) is -0.629. The van der Waals surface area contributed by atoms with Gasteiger partial charge in [0.05, 0.1) is 0 Å². The average Bonchev–Trinajstić information content (AvgIpc) is 0.722. The Morgan fingerprint density at radius 2 is 1.60 bits per heavy atom. The molecule has 0 atom stereocenters. The molecule has 0 aromatic carbocycles. The molecule has 0 aliphatic heterocycles. The fourth-order valence-electron chi connectivity index (χ4n) is 0. The van der Waals surface area contributed by atoms with Crippen molar-refractivity contribution in [2.45, 2.75) is 0 Å². The van der Waals surface area contributed by atoms with Gasteiger partial charge in [-0.15, -0.1) is 0 Å². The Bertz CT molecular complexity index is 92.8. The van der Waals surface area contributed by atoms with E-state index in [9.17, 15) is 8.42 Å². The number of halogens is 1.